The fraction of sp³-hybridized carbons (Fsp3) is 0.409. The van der Waals surface area contributed by atoms with E-state index in [2.05, 4.69) is 15.4 Å². The summed E-state index contributed by atoms with van der Waals surface area (Å²) in [5.74, 6) is -2.88. The van der Waals surface area contributed by atoms with Crippen molar-refractivity contribution in [2.24, 2.45) is 0 Å². The maximum absolute atomic E-state index is 13.1. The fourth-order valence-electron chi connectivity index (χ4n) is 3.12. The summed E-state index contributed by atoms with van der Waals surface area (Å²) in [4.78, 5) is 16.6. The summed E-state index contributed by atoms with van der Waals surface area (Å²) in [5, 5.41) is 17.2. The fourth-order valence-corrected chi connectivity index (χ4v) is 3.12. The molecule has 3 aromatic rings. The molecule has 0 saturated heterocycles. The first-order chi connectivity index (χ1) is 14.5. The Hall–Kier alpha value is -3.07. The standard InChI is InChI=1S/C22H26F2N4O3/c1-13-9-16(5-6-19(13)31-12-22(4,23)24)15(3)28-11-17-18(27-28)7-8-25-20(17)21(30)26-10-14(2)29/h5-9,11,14-15,29H,10,12H2,1-4H3,(H,26,30)/t14-,15?/m1/s1. The summed E-state index contributed by atoms with van der Waals surface area (Å²) in [7, 11) is 0. The van der Waals surface area contributed by atoms with Crippen molar-refractivity contribution in [3.63, 3.8) is 0 Å². The predicted octanol–water partition coefficient (Wildman–Crippen LogP) is 3.49. The second-order valence-corrected chi connectivity index (χ2v) is 7.82. The Labute approximate surface area is 179 Å². The molecular weight excluding hydrogens is 406 g/mol. The van der Waals surface area contributed by atoms with Crippen molar-refractivity contribution in [3.05, 3.63) is 53.5 Å². The van der Waals surface area contributed by atoms with E-state index in [1.807, 2.05) is 19.1 Å². The number of nitrogens with one attached hydrogen (secondary N) is 1. The summed E-state index contributed by atoms with van der Waals surface area (Å²) in [5.41, 5.74) is 2.50. The van der Waals surface area contributed by atoms with Crippen LogP contribution in [0.4, 0.5) is 8.78 Å². The van der Waals surface area contributed by atoms with Gasteiger partial charge in [-0.2, -0.15) is 5.10 Å². The van der Waals surface area contributed by atoms with Crippen LogP contribution in [0.25, 0.3) is 10.9 Å². The molecule has 1 unspecified atom stereocenters. The smallest absolute Gasteiger partial charge is 0.278 e. The van der Waals surface area contributed by atoms with Crippen molar-refractivity contribution in [2.45, 2.75) is 45.8 Å². The number of halogens is 2. The van der Waals surface area contributed by atoms with Gasteiger partial charge in [-0.25, -0.2) is 8.78 Å². The molecule has 0 aliphatic rings. The lowest BCUT2D eigenvalue weighted by atomic mass is 10.1. The first-order valence-corrected chi connectivity index (χ1v) is 9.96. The van der Waals surface area contributed by atoms with Crippen molar-refractivity contribution in [1.29, 1.82) is 0 Å². The second-order valence-electron chi connectivity index (χ2n) is 7.82. The van der Waals surface area contributed by atoms with Crippen LogP contribution in [0.2, 0.25) is 0 Å². The molecule has 7 nitrogen and oxygen atoms in total. The molecule has 0 fully saturated rings. The number of carbonyl (C=O) groups is 1. The number of hydrogen-bond donors (Lipinski definition) is 2. The number of aliphatic hydroxyl groups is 1. The Morgan fingerprint density at radius 2 is 2.06 bits per heavy atom. The SMILES string of the molecule is Cc1cc(C(C)n2cc3c(C(=O)NC[C@@H](C)O)nccc3n2)ccc1OCC(C)(F)F. The summed E-state index contributed by atoms with van der Waals surface area (Å²) in [6.07, 6.45) is 2.60. The summed E-state index contributed by atoms with van der Waals surface area (Å²) in [6, 6.07) is 6.89. The summed E-state index contributed by atoms with van der Waals surface area (Å²) < 4.78 is 33.1. The molecule has 0 bridgehead atoms. The van der Waals surface area contributed by atoms with Crippen LogP contribution in [0.1, 0.15) is 48.4 Å². The summed E-state index contributed by atoms with van der Waals surface area (Å²) in [6.45, 7) is 5.59. The van der Waals surface area contributed by atoms with Gasteiger partial charge in [-0.05, 0) is 44.0 Å². The van der Waals surface area contributed by atoms with E-state index in [9.17, 15) is 18.7 Å². The Morgan fingerprint density at radius 3 is 2.71 bits per heavy atom. The number of nitrogens with zero attached hydrogens (tertiary/aromatic N) is 3. The van der Waals surface area contributed by atoms with Crippen LogP contribution in [0.3, 0.4) is 0 Å². The lowest BCUT2D eigenvalue weighted by Crippen LogP contribution is -2.31. The van der Waals surface area contributed by atoms with Gasteiger partial charge in [-0.3, -0.25) is 14.5 Å². The van der Waals surface area contributed by atoms with Gasteiger partial charge in [-0.15, -0.1) is 0 Å². The minimum absolute atomic E-state index is 0.124. The molecule has 0 aliphatic carbocycles. The lowest BCUT2D eigenvalue weighted by Gasteiger charge is -2.17. The Morgan fingerprint density at radius 1 is 1.32 bits per heavy atom. The minimum atomic E-state index is -2.90. The number of hydrogen-bond acceptors (Lipinski definition) is 5. The molecule has 0 radical (unpaired) electrons. The molecule has 2 heterocycles. The molecule has 0 aliphatic heterocycles. The van der Waals surface area contributed by atoms with E-state index in [4.69, 9.17) is 4.74 Å². The number of pyridine rings is 1. The third-order valence-electron chi connectivity index (χ3n) is 4.78. The molecule has 2 aromatic heterocycles. The number of amides is 1. The first kappa shape index (κ1) is 22.6. The minimum Gasteiger partial charge on any atom is -0.487 e. The van der Waals surface area contributed by atoms with Gasteiger partial charge in [-0.1, -0.05) is 12.1 Å². The van der Waals surface area contributed by atoms with Crippen LogP contribution in [-0.2, 0) is 0 Å². The van der Waals surface area contributed by atoms with E-state index >= 15 is 0 Å². The molecule has 1 aromatic carbocycles. The molecule has 1 amide bonds. The quantitative estimate of drug-likeness (QED) is 0.569. The number of ether oxygens (including phenoxy) is 1. The highest BCUT2D eigenvalue weighted by molar-refractivity contribution is 6.04. The Bertz CT molecular complexity index is 1080. The highest BCUT2D eigenvalue weighted by Gasteiger charge is 2.23. The second kappa shape index (κ2) is 8.97. The van der Waals surface area contributed by atoms with Crippen molar-refractivity contribution >= 4 is 16.8 Å². The Kier molecular flexibility index (Phi) is 6.54. The zero-order valence-electron chi connectivity index (χ0n) is 17.9. The lowest BCUT2D eigenvalue weighted by molar-refractivity contribution is -0.0231. The number of carbonyl (C=O) groups excluding carboxylic acids is 1. The third-order valence-corrected chi connectivity index (χ3v) is 4.78. The third kappa shape index (κ3) is 5.55. The number of aliphatic hydroxyl groups excluding tert-OH is 1. The number of aryl methyl sites for hydroxylation is 1. The molecule has 2 N–H and O–H groups in total. The van der Waals surface area contributed by atoms with Gasteiger partial charge in [0.15, 0.2) is 6.61 Å². The van der Waals surface area contributed by atoms with E-state index in [0.717, 1.165) is 18.1 Å². The molecule has 166 valence electrons. The van der Waals surface area contributed by atoms with Crippen LogP contribution in [0, 0.1) is 6.92 Å². The van der Waals surface area contributed by atoms with Gasteiger partial charge in [0.1, 0.15) is 11.4 Å². The average molecular weight is 432 g/mol. The highest BCUT2D eigenvalue weighted by atomic mass is 19.3. The largest absolute Gasteiger partial charge is 0.487 e. The van der Waals surface area contributed by atoms with E-state index in [1.54, 1.807) is 36.9 Å². The zero-order valence-corrected chi connectivity index (χ0v) is 17.9. The van der Waals surface area contributed by atoms with Gasteiger partial charge in [0, 0.05) is 25.9 Å². The normalized spacial score (nSPS) is 13.8. The maximum Gasteiger partial charge on any atom is 0.278 e. The van der Waals surface area contributed by atoms with Crippen LogP contribution >= 0.6 is 0 Å². The van der Waals surface area contributed by atoms with Crippen LogP contribution in [-0.4, -0.2) is 51.0 Å². The van der Waals surface area contributed by atoms with Crippen molar-refractivity contribution in [3.8, 4) is 5.75 Å². The molecule has 31 heavy (non-hydrogen) atoms. The maximum atomic E-state index is 13.1. The number of aromatic nitrogens is 3. The van der Waals surface area contributed by atoms with Gasteiger partial charge in [0.2, 0.25) is 0 Å². The number of fused-ring (bicyclic) bond motifs is 1. The van der Waals surface area contributed by atoms with E-state index in [0.29, 0.717) is 16.7 Å². The highest BCUT2D eigenvalue weighted by Crippen LogP contribution is 2.27. The van der Waals surface area contributed by atoms with Crippen molar-refractivity contribution in [2.75, 3.05) is 13.2 Å². The van der Waals surface area contributed by atoms with E-state index < -0.39 is 18.6 Å². The van der Waals surface area contributed by atoms with E-state index in [-0.39, 0.29) is 24.2 Å². The average Bonchev–Trinajstić information content (AvgIpc) is 3.14. The number of rotatable bonds is 8. The van der Waals surface area contributed by atoms with Gasteiger partial charge in [0.25, 0.3) is 11.8 Å². The van der Waals surface area contributed by atoms with E-state index in [1.165, 1.54) is 6.20 Å². The van der Waals surface area contributed by atoms with Crippen molar-refractivity contribution < 1.29 is 23.4 Å². The Balaban J connectivity index is 1.84. The predicted molar refractivity (Wildman–Crippen MR) is 113 cm³/mol. The number of benzene rings is 1. The molecule has 2 atom stereocenters. The molecule has 0 spiro atoms. The van der Waals surface area contributed by atoms with Gasteiger partial charge >= 0.3 is 0 Å². The van der Waals surface area contributed by atoms with Gasteiger partial charge in [0.05, 0.1) is 23.0 Å². The summed E-state index contributed by atoms with van der Waals surface area (Å²) >= 11 is 0. The van der Waals surface area contributed by atoms with Crippen LogP contribution < -0.4 is 10.1 Å². The topological polar surface area (TPSA) is 89.3 Å². The molecule has 0 saturated carbocycles. The van der Waals surface area contributed by atoms with Gasteiger partial charge < -0.3 is 15.2 Å². The van der Waals surface area contributed by atoms with Crippen LogP contribution in [0.5, 0.6) is 5.75 Å². The van der Waals surface area contributed by atoms with Crippen LogP contribution in [0.15, 0.2) is 36.7 Å². The molecule has 3 rings (SSSR count). The number of alkyl halides is 2. The molecule has 9 heteroatoms. The molecular formula is C22H26F2N4O3. The van der Waals surface area contributed by atoms with Crippen molar-refractivity contribution in [1.82, 2.24) is 20.1 Å². The first-order valence-electron chi connectivity index (χ1n) is 9.96. The zero-order chi connectivity index (χ0) is 22.8. The monoisotopic (exact) mass is 432 g/mol.